The van der Waals surface area contributed by atoms with Crippen molar-refractivity contribution < 1.29 is 0 Å². The van der Waals surface area contributed by atoms with Gasteiger partial charge in [0.2, 0.25) is 0 Å². The molecule has 0 aliphatic rings. The fraction of sp³-hybridized carbons (Fsp3) is 0. The average molecular weight is 669 g/mol. The van der Waals surface area contributed by atoms with Gasteiger partial charge in [0.05, 0.1) is 0 Å². The van der Waals surface area contributed by atoms with Gasteiger partial charge in [0.25, 0.3) is 0 Å². The first-order valence-electron chi connectivity index (χ1n) is 17.1. The van der Waals surface area contributed by atoms with Gasteiger partial charge in [-0.15, -0.1) is 22.7 Å². The highest BCUT2D eigenvalue weighted by atomic mass is 32.1. The van der Waals surface area contributed by atoms with E-state index in [0.717, 1.165) is 0 Å². The second kappa shape index (κ2) is 10.9. The van der Waals surface area contributed by atoms with Crippen LogP contribution in [0.1, 0.15) is 0 Å². The Balaban J connectivity index is 1.17. The van der Waals surface area contributed by atoms with Crippen LogP contribution in [0.3, 0.4) is 0 Å². The van der Waals surface area contributed by atoms with Gasteiger partial charge in [-0.25, -0.2) is 0 Å². The van der Waals surface area contributed by atoms with E-state index in [2.05, 4.69) is 169 Å². The lowest BCUT2D eigenvalue weighted by Crippen LogP contribution is -1.91. The minimum absolute atomic E-state index is 1.25. The zero-order valence-corrected chi connectivity index (χ0v) is 28.6. The fourth-order valence-corrected chi connectivity index (χ4v) is 10.7. The average Bonchev–Trinajstić information content (AvgIpc) is 3.78. The molecule has 0 unspecified atom stereocenters. The molecule has 0 atom stereocenters. The molecule has 11 rings (SSSR count). The summed E-state index contributed by atoms with van der Waals surface area (Å²) >= 11 is 3.81. The van der Waals surface area contributed by atoms with Gasteiger partial charge in [-0.2, -0.15) is 0 Å². The minimum atomic E-state index is 1.25. The lowest BCUT2D eigenvalue weighted by atomic mass is 9.85. The Morgan fingerprint density at radius 2 is 0.900 bits per heavy atom. The van der Waals surface area contributed by atoms with E-state index in [9.17, 15) is 0 Å². The van der Waals surface area contributed by atoms with Crippen molar-refractivity contribution in [2.24, 2.45) is 0 Å². The van der Waals surface area contributed by atoms with Gasteiger partial charge in [0.1, 0.15) is 0 Å². The molecular weight excluding hydrogens is 641 g/mol. The lowest BCUT2D eigenvalue weighted by Gasteiger charge is -2.18. The van der Waals surface area contributed by atoms with Gasteiger partial charge in [0.15, 0.2) is 0 Å². The molecule has 2 aromatic heterocycles. The molecule has 0 fully saturated rings. The molecule has 0 saturated heterocycles. The van der Waals surface area contributed by atoms with E-state index >= 15 is 0 Å². The lowest BCUT2D eigenvalue weighted by molar-refractivity contribution is 1.69. The van der Waals surface area contributed by atoms with E-state index in [1.807, 2.05) is 22.7 Å². The molecule has 0 amide bonds. The molecular formula is C48H28S2. The summed E-state index contributed by atoms with van der Waals surface area (Å²) in [6.45, 7) is 0. The van der Waals surface area contributed by atoms with Gasteiger partial charge >= 0.3 is 0 Å². The van der Waals surface area contributed by atoms with Crippen molar-refractivity contribution in [3.05, 3.63) is 169 Å². The Morgan fingerprint density at radius 3 is 1.58 bits per heavy atom. The van der Waals surface area contributed by atoms with Crippen molar-refractivity contribution in [1.82, 2.24) is 0 Å². The molecule has 0 bridgehead atoms. The molecule has 0 N–H and O–H groups in total. The third kappa shape index (κ3) is 4.10. The number of rotatable bonds is 3. The van der Waals surface area contributed by atoms with E-state index < -0.39 is 0 Å². The topological polar surface area (TPSA) is 0 Å². The van der Waals surface area contributed by atoms with Crippen molar-refractivity contribution in [2.75, 3.05) is 0 Å². The second-order valence-electron chi connectivity index (χ2n) is 13.2. The summed E-state index contributed by atoms with van der Waals surface area (Å²) in [6.07, 6.45) is 0. The number of fused-ring (bicyclic) bond motifs is 9. The molecule has 0 saturated carbocycles. The van der Waals surface area contributed by atoms with Crippen molar-refractivity contribution in [2.45, 2.75) is 0 Å². The van der Waals surface area contributed by atoms with Crippen LogP contribution in [0.5, 0.6) is 0 Å². The first-order chi connectivity index (χ1) is 24.8. The Bertz CT molecular complexity index is 3100. The van der Waals surface area contributed by atoms with E-state index in [-0.39, 0.29) is 0 Å². The highest BCUT2D eigenvalue weighted by molar-refractivity contribution is 7.27. The maximum absolute atomic E-state index is 2.36. The molecule has 0 radical (unpaired) electrons. The maximum Gasteiger partial charge on any atom is 0.0442 e. The van der Waals surface area contributed by atoms with Crippen LogP contribution < -0.4 is 0 Å². The van der Waals surface area contributed by atoms with Crippen molar-refractivity contribution in [3.8, 4) is 33.4 Å². The molecule has 0 nitrogen and oxygen atoms in total. The summed E-state index contributed by atoms with van der Waals surface area (Å²) in [5.74, 6) is 0. The van der Waals surface area contributed by atoms with Crippen molar-refractivity contribution >= 4 is 96.0 Å². The Hall–Kier alpha value is -5.80. The Kier molecular flexibility index (Phi) is 6.09. The molecule has 9 aromatic carbocycles. The molecule has 0 aliphatic heterocycles. The van der Waals surface area contributed by atoms with Crippen LogP contribution in [-0.2, 0) is 0 Å². The third-order valence-electron chi connectivity index (χ3n) is 10.5. The van der Waals surface area contributed by atoms with Gasteiger partial charge in [-0.05, 0) is 88.9 Å². The summed E-state index contributed by atoms with van der Waals surface area (Å²) in [5.41, 5.74) is 7.77. The summed E-state index contributed by atoms with van der Waals surface area (Å²) in [4.78, 5) is 0. The van der Waals surface area contributed by atoms with E-state index in [1.54, 1.807) is 0 Å². The monoisotopic (exact) mass is 668 g/mol. The predicted octanol–water partition coefficient (Wildman–Crippen LogP) is 14.9. The minimum Gasteiger partial charge on any atom is -0.142 e. The number of hydrogen-bond acceptors (Lipinski definition) is 2. The molecule has 11 aromatic rings. The smallest absolute Gasteiger partial charge is 0.0442 e. The van der Waals surface area contributed by atoms with Crippen molar-refractivity contribution in [1.29, 1.82) is 0 Å². The van der Waals surface area contributed by atoms with Crippen LogP contribution in [0.2, 0.25) is 0 Å². The van der Waals surface area contributed by atoms with E-state index in [0.29, 0.717) is 0 Å². The first-order valence-corrected chi connectivity index (χ1v) is 18.8. The van der Waals surface area contributed by atoms with Gasteiger partial charge in [-0.3, -0.25) is 0 Å². The standard InChI is InChI=1S/C48H28S2/c1-3-12-31-26-33(22-20-29(31)10-1)42-28-49-48-39(42)24-25-43-46(48)41-19-9-18-40(47(41)50-43)45-37-16-7-5-14-35(37)44(36-15-6-8-17-38(36)45)34-23-21-30-11-2-4-13-32(30)27-34/h1-28H. The SMILES string of the molecule is c1ccc2cc(-c3c4ccccc4c(-c4cccc5c4sc4ccc6c(-c7ccc8ccccc8c7)csc6c45)c4ccccc34)ccc2c1. The highest BCUT2D eigenvalue weighted by Gasteiger charge is 2.21. The van der Waals surface area contributed by atoms with E-state index in [4.69, 9.17) is 0 Å². The van der Waals surface area contributed by atoms with Crippen LogP contribution in [0, 0.1) is 0 Å². The largest absolute Gasteiger partial charge is 0.142 e. The van der Waals surface area contributed by atoms with Crippen LogP contribution >= 0.6 is 22.7 Å². The van der Waals surface area contributed by atoms with Gasteiger partial charge in [-0.1, -0.05) is 146 Å². The summed E-state index contributed by atoms with van der Waals surface area (Å²) in [6, 6.07) is 60.7. The van der Waals surface area contributed by atoms with Gasteiger partial charge in [0, 0.05) is 41.4 Å². The molecule has 0 spiro atoms. The number of thiophene rings is 2. The number of benzene rings is 9. The van der Waals surface area contributed by atoms with Crippen molar-refractivity contribution in [3.63, 3.8) is 0 Å². The molecule has 2 heterocycles. The van der Waals surface area contributed by atoms with Crippen LogP contribution in [-0.4, -0.2) is 0 Å². The first kappa shape index (κ1) is 28.1. The number of hydrogen-bond donors (Lipinski definition) is 0. The van der Waals surface area contributed by atoms with Gasteiger partial charge < -0.3 is 0 Å². The maximum atomic E-state index is 2.36. The summed E-state index contributed by atoms with van der Waals surface area (Å²) in [7, 11) is 0. The quantitative estimate of drug-likeness (QED) is 0.164. The summed E-state index contributed by atoms with van der Waals surface area (Å²) in [5, 5.41) is 16.6. The molecule has 0 aliphatic carbocycles. The van der Waals surface area contributed by atoms with Crippen LogP contribution in [0.4, 0.5) is 0 Å². The Labute approximate surface area is 297 Å². The predicted molar refractivity (Wildman–Crippen MR) is 221 cm³/mol. The highest BCUT2D eigenvalue weighted by Crippen LogP contribution is 2.50. The fourth-order valence-electron chi connectivity index (χ4n) is 8.23. The Morgan fingerprint density at radius 1 is 0.340 bits per heavy atom. The molecule has 50 heavy (non-hydrogen) atoms. The zero-order valence-electron chi connectivity index (χ0n) is 27.0. The zero-order chi connectivity index (χ0) is 32.8. The van der Waals surface area contributed by atoms with E-state index in [1.165, 1.54) is 107 Å². The second-order valence-corrected chi connectivity index (χ2v) is 15.1. The molecule has 232 valence electrons. The van der Waals surface area contributed by atoms with Crippen LogP contribution in [0.25, 0.3) is 107 Å². The normalized spacial score (nSPS) is 12.0. The molecule has 2 heteroatoms. The third-order valence-corrected chi connectivity index (χ3v) is 12.7. The summed E-state index contributed by atoms with van der Waals surface area (Å²) < 4.78 is 4.06. The van der Waals surface area contributed by atoms with Crippen LogP contribution in [0.15, 0.2) is 169 Å².